The molecule has 1 unspecified atom stereocenters. The Kier molecular flexibility index (Phi) is 2.80. The minimum absolute atomic E-state index is 0.127. The second-order valence-electron chi connectivity index (χ2n) is 4.82. The van der Waals surface area contributed by atoms with Crippen molar-refractivity contribution in [3.8, 4) is 0 Å². The minimum atomic E-state index is -0.127. The van der Waals surface area contributed by atoms with Crippen molar-refractivity contribution in [2.75, 3.05) is 13.1 Å². The standard InChI is InChI=1S/C14H16N2O2/c1-9-2-3-10-7-13(18-12(10)6-9)14(17)16-11-4-5-15-8-11/h2-3,6-7,11,15H,4-5,8H2,1H3,(H,16,17). The van der Waals surface area contributed by atoms with Crippen molar-refractivity contribution in [1.82, 2.24) is 10.6 Å². The molecule has 3 rings (SSSR count). The summed E-state index contributed by atoms with van der Waals surface area (Å²) in [6.45, 7) is 3.81. The lowest BCUT2D eigenvalue weighted by Gasteiger charge is -2.08. The number of amides is 1. The summed E-state index contributed by atoms with van der Waals surface area (Å²) in [5.74, 6) is 0.264. The van der Waals surface area contributed by atoms with Gasteiger partial charge in [-0.2, -0.15) is 0 Å². The van der Waals surface area contributed by atoms with Gasteiger partial charge in [0, 0.05) is 18.0 Å². The third-order valence-electron chi connectivity index (χ3n) is 3.29. The van der Waals surface area contributed by atoms with E-state index in [4.69, 9.17) is 4.42 Å². The van der Waals surface area contributed by atoms with Crippen LogP contribution in [-0.2, 0) is 0 Å². The van der Waals surface area contributed by atoms with Crippen LogP contribution < -0.4 is 10.6 Å². The summed E-state index contributed by atoms with van der Waals surface area (Å²) in [6, 6.07) is 7.95. The molecule has 1 saturated heterocycles. The van der Waals surface area contributed by atoms with E-state index in [0.717, 1.165) is 36.0 Å². The third-order valence-corrected chi connectivity index (χ3v) is 3.29. The fourth-order valence-corrected chi connectivity index (χ4v) is 2.28. The Bertz CT molecular complexity index is 582. The van der Waals surface area contributed by atoms with E-state index in [-0.39, 0.29) is 11.9 Å². The summed E-state index contributed by atoms with van der Waals surface area (Å²) in [5.41, 5.74) is 1.90. The van der Waals surface area contributed by atoms with Gasteiger partial charge in [-0.3, -0.25) is 4.79 Å². The predicted molar refractivity (Wildman–Crippen MR) is 69.7 cm³/mol. The van der Waals surface area contributed by atoms with E-state index in [0.29, 0.717) is 5.76 Å². The molecular formula is C14H16N2O2. The lowest BCUT2D eigenvalue weighted by Crippen LogP contribution is -2.35. The first kappa shape index (κ1) is 11.3. The van der Waals surface area contributed by atoms with Crippen molar-refractivity contribution in [3.05, 3.63) is 35.6 Å². The van der Waals surface area contributed by atoms with Crippen molar-refractivity contribution >= 4 is 16.9 Å². The maximum atomic E-state index is 12.0. The van der Waals surface area contributed by atoms with Crippen LogP contribution in [0.25, 0.3) is 11.0 Å². The molecule has 2 heterocycles. The number of carbonyl (C=O) groups excluding carboxylic acids is 1. The van der Waals surface area contributed by atoms with Crippen LogP contribution in [0, 0.1) is 6.92 Å². The highest BCUT2D eigenvalue weighted by molar-refractivity contribution is 5.96. The monoisotopic (exact) mass is 244 g/mol. The topological polar surface area (TPSA) is 54.3 Å². The number of benzene rings is 1. The van der Waals surface area contributed by atoms with Crippen LogP contribution in [0.15, 0.2) is 28.7 Å². The summed E-state index contributed by atoms with van der Waals surface area (Å²) in [4.78, 5) is 12.0. The molecule has 1 atom stereocenters. The van der Waals surface area contributed by atoms with E-state index in [9.17, 15) is 4.79 Å². The molecule has 2 aromatic rings. The average Bonchev–Trinajstić information content (AvgIpc) is 2.96. The Labute approximate surface area is 105 Å². The summed E-state index contributed by atoms with van der Waals surface area (Å²) in [5, 5.41) is 7.16. The van der Waals surface area contributed by atoms with Gasteiger partial charge < -0.3 is 15.1 Å². The smallest absolute Gasteiger partial charge is 0.287 e. The number of rotatable bonds is 2. The van der Waals surface area contributed by atoms with E-state index in [1.807, 2.05) is 25.1 Å². The highest BCUT2D eigenvalue weighted by Crippen LogP contribution is 2.20. The van der Waals surface area contributed by atoms with E-state index in [1.165, 1.54) is 0 Å². The molecule has 4 heteroatoms. The van der Waals surface area contributed by atoms with Gasteiger partial charge in [0.15, 0.2) is 5.76 Å². The van der Waals surface area contributed by atoms with E-state index < -0.39 is 0 Å². The van der Waals surface area contributed by atoms with Crippen LogP contribution in [0.4, 0.5) is 0 Å². The number of aryl methyl sites for hydroxylation is 1. The number of nitrogens with one attached hydrogen (secondary N) is 2. The summed E-state index contributed by atoms with van der Waals surface area (Å²) < 4.78 is 5.59. The van der Waals surface area contributed by atoms with Gasteiger partial charge in [0.05, 0.1) is 0 Å². The normalized spacial score (nSPS) is 19.3. The van der Waals surface area contributed by atoms with Crippen molar-refractivity contribution in [3.63, 3.8) is 0 Å². The highest BCUT2D eigenvalue weighted by atomic mass is 16.3. The second-order valence-corrected chi connectivity index (χ2v) is 4.82. The highest BCUT2D eigenvalue weighted by Gasteiger charge is 2.19. The van der Waals surface area contributed by atoms with Gasteiger partial charge in [0.1, 0.15) is 5.58 Å². The molecule has 1 aromatic carbocycles. The van der Waals surface area contributed by atoms with Crippen LogP contribution in [0.2, 0.25) is 0 Å². The van der Waals surface area contributed by atoms with Gasteiger partial charge in [-0.15, -0.1) is 0 Å². The van der Waals surface area contributed by atoms with Crippen LogP contribution in [0.5, 0.6) is 0 Å². The molecule has 2 N–H and O–H groups in total. The molecule has 1 aromatic heterocycles. The molecule has 0 radical (unpaired) electrons. The van der Waals surface area contributed by atoms with E-state index in [1.54, 1.807) is 6.07 Å². The molecule has 1 aliphatic rings. The van der Waals surface area contributed by atoms with Crippen molar-refractivity contribution in [2.24, 2.45) is 0 Å². The third kappa shape index (κ3) is 2.11. The molecule has 1 amide bonds. The molecule has 0 saturated carbocycles. The average molecular weight is 244 g/mol. The minimum Gasteiger partial charge on any atom is -0.451 e. The Morgan fingerprint density at radius 1 is 1.44 bits per heavy atom. The van der Waals surface area contributed by atoms with Crippen LogP contribution in [0.1, 0.15) is 22.5 Å². The Hall–Kier alpha value is -1.81. The van der Waals surface area contributed by atoms with Gasteiger partial charge in [-0.25, -0.2) is 0 Å². The zero-order valence-electron chi connectivity index (χ0n) is 10.3. The van der Waals surface area contributed by atoms with Crippen LogP contribution in [-0.4, -0.2) is 25.0 Å². The number of carbonyl (C=O) groups is 1. The maximum Gasteiger partial charge on any atom is 0.287 e. The van der Waals surface area contributed by atoms with Gasteiger partial charge >= 0.3 is 0 Å². The zero-order valence-corrected chi connectivity index (χ0v) is 10.3. The lowest BCUT2D eigenvalue weighted by molar-refractivity contribution is 0.0914. The molecule has 1 fully saturated rings. The van der Waals surface area contributed by atoms with Crippen LogP contribution in [0.3, 0.4) is 0 Å². The van der Waals surface area contributed by atoms with Crippen LogP contribution >= 0.6 is 0 Å². The predicted octanol–water partition coefficient (Wildman–Crippen LogP) is 1.83. The van der Waals surface area contributed by atoms with E-state index in [2.05, 4.69) is 10.6 Å². The molecule has 0 bridgehead atoms. The van der Waals surface area contributed by atoms with Gasteiger partial charge in [-0.1, -0.05) is 12.1 Å². The molecule has 1 aliphatic heterocycles. The van der Waals surface area contributed by atoms with Crippen molar-refractivity contribution in [1.29, 1.82) is 0 Å². The number of fused-ring (bicyclic) bond motifs is 1. The quantitative estimate of drug-likeness (QED) is 0.847. The Balaban J connectivity index is 1.82. The van der Waals surface area contributed by atoms with Crippen molar-refractivity contribution < 1.29 is 9.21 Å². The lowest BCUT2D eigenvalue weighted by atomic mass is 10.2. The van der Waals surface area contributed by atoms with Gasteiger partial charge in [-0.05, 0) is 37.6 Å². The Morgan fingerprint density at radius 3 is 3.11 bits per heavy atom. The van der Waals surface area contributed by atoms with Gasteiger partial charge in [0.2, 0.25) is 0 Å². The summed E-state index contributed by atoms with van der Waals surface area (Å²) >= 11 is 0. The second kappa shape index (κ2) is 4.46. The summed E-state index contributed by atoms with van der Waals surface area (Å²) in [6.07, 6.45) is 0.977. The number of hydrogen-bond donors (Lipinski definition) is 2. The molecule has 18 heavy (non-hydrogen) atoms. The molecular weight excluding hydrogens is 228 g/mol. The first-order valence-electron chi connectivity index (χ1n) is 6.24. The van der Waals surface area contributed by atoms with E-state index >= 15 is 0 Å². The fourth-order valence-electron chi connectivity index (χ4n) is 2.28. The largest absolute Gasteiger partial charge is 0.451 e. The fraction of sp³-hybridized carbons (Fsp3) is 0.357. The zero-order chi connectivity index (χ0) is 12.5. The maximum absolute atomic E-state index is 12.0. The first-order valence-corrected chi connectivity index (χ1v) is 6.24. The molecule has 4 nitrogen and oxygen atoms in total. The SMILES string of the molecule is Cc1ccc2cc(C(=O)NC3CCNC3)oc2c1. The Morgan fingerprint density at radius 2 is 2.33 bits per heavy atom. The molecule has 94 valence electrons. The summed E-state index contributed by atoms with van der Waals surface area (Å²) in [7, 11) is 0. The van der Waals surface area contributed by atoms with Crippen molar-refractivity contribution in [2.45, 2.75) is 19.4 Å². The number of hydrogen-bond acceptors (Lipinski definition) is 3. The first-order chi connectivity index (χ1) is 8.72. The molecule has 0 aliphatic carbocycles. The molecule has 0 spiro atoms. The van der Waals surface area contributed by atoms with Gasteiger partial charge in [0.25, 0.3) is 5.91 Å². The number of furan rings is 1.